The van der Waals surface area contributed by atoms with Gasteiger partial charge in [-0.1, -0.05) is 37.6 Å². The number of rotatable bonds is 5. The van der Waals surface area contributed by atoms with E-state index in [4.69, 9.17) is 17.3 Å². The van der Waals surface area contributed by atoms with Gasteiger partial charge >= 0.3 is 0 Å². The van der Waals surface area contributed by atoms with Gasteiger partial charge in [-0.05, 0) is 36.2 Å². The van der Waals surface area contributed by atoms with Crippen molar-refractivity contribution in [2.75, 3.05) is 11.9 Å². The molecular weight excluding hydrogens is 336 g/mol. The Kier molecular flexibility index (Phi) is 5.06. The Morgan fingerprint density at radius 1 is 1.16 bits per heavy atom. The average Bonchev–Trinajstić information content (AvgIpc) is 2.61. The maximum absolute atomic E-state index is 10.2. The second-order valence-corrected chi connectivity index (χ2v) is 6.80. The average molecular weight is 357 g/mol. The van der Waals surface area contributed by atoms with Crippen molar-refractivity contribution in [3.8, 4) is 17.1 Å². The largest absolute Gasteiger partial charge is 0.507 e. The van der Waals surface area contributed by atoms with Gasteiger partial charge in [0.25, 0.3) is 0 Å². The van der Waals surface area contributed by atoms with Gasteiger partial charge in [0, 0.05) is 23.0 Å². The number of halogens is 1. The number of nitrogens with two attached hydrogens (primary N) is 1. The summed E-state index contributed by atoms with van der Waals surface area (Å²) in [6.45, 7) is 4.76. The topological polar surface area (TPSA) is 84.1 Å². The number of nitrogens with one attached hydrogen (secondary N) is 1. The fourth-order valence-electron chi connectivity index (χ4n) is 2.47. The van der Waals surface area contributed by atoms with E-state index in [-0.39, 0.29) is 11.8 Å². The van der Waals surface area contributed by atoms with Crippen LogP contribution in [0.2, 0.25) is 5.02 Å². The third-order valence-electron chi connectivity index (χ3n) is 4.16. The summed E-state index contributed by atoms with van der Waals surface area (Å²) >= 11 is 6.06. The minimum Gasteiger partial charge on any atom is -0.507 e. The molecule has 2 aromatic carbocycles. The summed E-state index contributed by atoms with van der Waals surface area (Å²) < 4.78 is 0. The molecule has 3 aromatic rings. The van der Waals surface area contributed by atoms with E-state index in [9.17, 15) is 5.11 Å². The van der Waals surface area contributed by atoms with Gasteiger partial charge in [0.1, 0.15) is 11.6 Å². The number of fused-ring (bicyclic) bond motifs is 1. The van der Waals surface area contributed by atoms with Crippen LogP contribution in [0.5, 0.6) is 5.75 Å². The first-order chi connectivity index (χ1) is 12.0. The van der Waals surface area contributed by atoms with Crippen molar-refractivity contribution in [3.63, 3.8) is 0 Å². The third kappa shape index (κ3) is 3.83. The molecule has 25 heavy (non-hydrogen) atoms. The van der Waals surface area contributed by atoms with Crippen molar-refractivity contribution in [2.24, 2.45) is 11.7 Å². The molecule has 3 rings (SSSR count). The zero-order valence-corrected chi connectivity index (χ0v) is 15.0. The van der Waals surface area contributed by atoms with E-state index >= 15 is 0 Å². The number of nitrogens with zero attached hydrogens (tertiary/aromatic N) is 2. The Morgan fingerprint density at radius 3 is 2.68 bits per heavy atom. The van der Waals surface area contributed by atoms with Gasteiger partial charge < -0.3 is 16.2 Å². The summed E-state index contributed by atoms with van der Waals surface area (Å²) in [4.78, 5) is 9.18. The summed E-state index contributed by atoms with van der Waals surface area (Å²) in [5.74, 6) is 1.55. The predicted molar refractivity (Wildman–Crippen MR) is 103 cm³/mol. The molecule has 0 fully saturated rings. The van der Waals surface area contributed by atoms with Gasteiger partial charge in [-0.15, -0.1) is 0 Å². The highest BCUT2D eigenvalue weighted by atomic mass is 35.5. The highest BCUT2D eigenvalue weighted by molar-refractivity contribution is 6.30. The molecule has 0 aliphatic heterocycles. The van der Waals surface area contributed by atoms with Gasteiger partial charge in [0.15, 0.2) is 5.82 Å². The van der Waals surface area contributed by atoms with Crippen molar-refractivity contribution < 1.29 is 5.11 Å². The number of hydrogen-bond donors (Lipinski definition) is 3. The predicted octanol–water partition coefficient (Wildman–Crippen LogP) is 4.05. The highest BCUT2D eigenvalue weighted by Gasteiger charge is 2.14. The molecule has 6 heteroatoms. The number of aromatic nitrogens is 2. The molecule has 0 spiro atoms. The molecule has 1 atom stereocenters. The lowest BCUT2D eigenvalue weighted by Gasteiger charge is -2.18. The van der Waals surface area contributed by atoms with Crippen LogP contribution < -0.4 is 11.1 Å². The number of phenolic OH excluding ortho intramolecular Hbond substituents is 1. The van der Waals surface area contributed by atoms with Gasteiger partial charge in [0.05, 0.1) is 11.1 Å². The zero-order chi connectivity index (χ0) is 18.0. The molecule has 0 bridgehead atoms. The Hall–Kier alpha value is -2.37. The van der Waals surface area contributed by atoms with Crippen LogP contribution in [0.15, 0.2) is 42.5 Å². The van der Waals surface area contributed by atoms with Crippen LogP contribution >= 0.6 is 11.6 Å². The van der Waals surface area contributed by atoms with Crippen molar-refractivity contribution in [2.45, 2.75) is 19.9 Å². The lowest BCUT2D eigenvalue weighted by atomic mass is 10.1. The molecule has 1 heterocycles. The second kappa shape index (κ2) is 7.25. The Labute approximate surface area is 151 Å². The van der Waals surface area contributed by atoms with Crippen molar-refractivity contribution in [1.82, 2.24) is 9.97 Å². The quantitative estimate of drug-likeness (QED) is 0.642. The zero-order valence-electron chi connectivity index (χ0n) is 14.2. The first-order valence-corrected chi connectivity index (χ1v) is 8.58. The van der Waals surface area contributed by atoms with E-state index in [2.05, 4.69) is 29.1 Å². The molecule has 0 radical (unpaired) electrons. The standard InChI is InChI=1S/C19H21ClN4O/c1-11(2)15(21)10-22-18-13-5-3-4-6-16(13)23-19(24-18)14-9-12(20)7-8-17(14)25/h3-9,11,15,25H,10,21H2,1-2H3,(H,22,23,24)/t15-/m0/s1. The molecule has 1 aromatic heterocycles. The van der Waals surface area contributed by atoms with E-state index in [0.717, 1.165) is 10.9 Å². The van der Waals surface area contributed by atoms with Crippen LogP contribution in [-0.2, 0) is 0 Å². The van der Waals surface area contributed by atoms with Gasteiger partial charge in [-0.3, -0.25) is 0 Å². The van der Waals surface area contributed by atoms with Crippen LogP contribution in [0.1, 0.15) is 13.8 Å². The van der Waals surface area contributed by atoms with Gasteiger partial charge in [-0.25, -0.2) is 9.97 Å². The SMILES string of the molecule is CC(C)[C@@H](N)CNc1nc(-c2cc(Cl)ccc2O)nc2ccccc12. The monoisotopic (exact) mass is 356 g/mol. The van der Waals surface area contributed by atoms with E-state index in [1.807, 2.05) is 24.3 Å². The van der Waals surface area contributed by atoms with Crippen LogP contribution in [-0.4, -0.2) is 27.7 Å². The molecule has 0 amide bonds. The fraction of sp³-hybridized carbons (Fsp3) is 0.263. The number of aromatic hydroxyl groups is 1. The van der Waals surface area contributed by atoms with Crippen LogP contribution in [0.4, 0.5) is 5.82 Å². The van der Waals surface area contributed by atoms with E-state index in [1.54, 1.807) is 12.1 Å². The molecule has 0 aliphatic rings. The summed E-state index contributed by atoms with van der Waals surface area (Å²) in [5.41, 5.74) is 7.42. The summed E-state index contributed by atoms with van der Waals surface area (Å²) in [6, 6.07) is 12.6. The molecule has 130 valence electrons. The van der Waals surface area contributed by atoms with Crippen LogP contribution in [0.25, 0.3) is 22.3 Å². The molecule has 0 saturated heterocycles. The molecular formula is C19H21ClN4O. The summed E-state index contributed by atoms with van der Waals surface area (Å²) in [5, 5.41) is 14.9. The van der Waals surface area contributed by atoms with E-state index < -0.39 is 0 Å². The van der Waals surface area contributed by atoms with Crippen LogP contribution in [0, 0.1) is 5.92 Å². The second-order valence-electron chi connectivity index (χ2n) is 6.36. The van der Waals surface area contributed by atoms with Crippen LogP contribution in [0.3, 0.4) is 0 Å². The first kappa shape index (κ1) is 17.5. The maximum atomic E-state index is 10.2. The minimum absolute atomic E-state index is 0.0109. The Bertz CT molecular complexity index is 898. The Balaban J connectivity index is 2.07. The van der Waals surface area contributed by atoms with Crippen molar-refractivity contribution >= 4 is 28.3 Å². The maximum Gasteiger partial charge on any atom is 0.165 e. The molecule has 0 saturated carbocycles. The number of benzene rings is 2. The molecule has 4 N–H and O–H groups in total. The summed E-state index contributed by atoms with van der Waals surface area (Å²) in [7, 11) is 0. The lowest BCUT2D eigenvalue weighted by molar-refractivity contribution is 0.477. The number of para-hydroxylation sites is 1. The fourth-order valence-corrected chi connectivity index (χ4v) is 2.64. The number of hydrogen-bond acceptors (Lipinski definition) is 5. The molecule has 0 aliphatic carbocycles. The molecule has 5 nitrogen and oxygen atoms in total. The minimum atomic E-state index is 0.0109. The summed E-state index contributed by atoms with van der Waals surface area (Å²) in [6.07, 6.45) is 0. The van der Waals surface area contributed by atoms with E-state index in [1.165, 1.54) is 6.07 Å². The molecule has 0 unspecified atom stereocenters. The lowest BCUT2D eigenvalue weighted by Crippen LogP contribution is -2.34. The van der Waals surface area contributed by atoms with E-state index in [0.29, 0.717) is 34.7 Å². The number of anilines is 1. The Morgan fingerprint density at radius 2 is 1.92 bits per heavy atom. The van der Waals surface area contributed by atoms with Crippen molar-refractivity contribution in [1.29, 1.82) is 0 Å². The number of phenols is 1. The van der Waals surface area contributed by atoms with Gasteiger partial charge in [0.2, 0.25) is 0 Å². The van der Waals surface area contributed by atoms with Gasteiger partial charge in [-0.2, -0.15) is 0 Å². The normalized spacial score (nSPS) is 12.5. The van der Waals surface area contributed by atoms with Crippen molar-refractivity contribution in [3.05, 3.63) is 47.5 Å². The smallest absolute Gasteiger partial charge is 0.165 e. The third-order valence-corrected chi connectivity index (χ3v) is 4.40. The first-order valence-electron chi connectivity index (χ1n) is 8.21. The highest BCUT2D eigenvalue weighted by Crippen LogP contribution is 2.32.